The van der Waals surface area contributed by atoms with Gasteiger partial charge in [0.25, 0.3) is 0 Å². The van der Waals surface area contributed by atoms with E-state index in [1.54, 1.807) is 17.8 Å². The molecular weight excluding hydrogens is 228 g/mol. The predicted molar refractivity (Wildman–Crippen MR) is 70.5 cm³/mol. The topological polar surface area (TPSA) is 38.0 Å². The number of anilines is 2. The van der Waals surface area contributed by atoms with Crippen molar-refractivity contribution in [2.24, 2.45) is 0 Å². The average Bonchev–Trinajstić information content (AvgIpc) is 2.20. The fourth-order valence-corrected chi connectivity index (χ4v) is 1.83. The maximum atomic E-state index is 5.99. The van der Waals surface area contributed by atoms with Gasteiger partial charge < -0.3 is 11.1 Å². The number of nitrogens with two attached hydrogens (primary N) is 1. The first-order valence-electron chi connectivity index (χ1n) is 4.54. The van der Waals surface area contributed by atoms with Gasteiger partial charge in [-0.15, -0.1) is 18.2 Å². The van der Waals surface area contributed by atoms with E-state index in [0.717, 1.165) is 23.7 Å². The Morgan fingerprint density at radius 2 is 2.33 bits per heavy atom. The van der Waals surface area contributed by atoms with Gasteiger partial charge >= 0.3 is 0 Å². The van der Waals surface area contributed by atoms with Crippen LogP contribution in [0.15, 0.2) is 18.2 Å². The molecule has 0 bridgehead atoms. The summed E-state index contributed by atoms with van der Waals surface area (Å²) in [6.45, 7) is 0.843. The number of hydrogen-bond acceptors (Lipinski definition) is 3. The summed E-state index contributed by atoms with van der Waals surface area (Å²) < 4.78 is 0. The molecule has 0 unspecified atom stereocenters. The Morgan fingerprint density at radius 3 is 3.00 bits per heavy atom. The molecule has 15 heavy (non-hydrogen) atoms. The largest absolute Gasteiger partial charge is 0.399 e. The van der Waals surface area contributed by atoms with E-state index in [-0.39, 0.29) is 0 Å². The van der Waals surface area contributed by atoms with Crippen LogP contribution in [0, 0.1) is 12.3 Å². The highest BCUT2D eigenvalue weighted by molar-refractivity contribution is 7.99. The summed E-state index contributed by atoms with van der Waals surface area (Å²) in [7, 11) is 0. The van der Waals surface area contributed by atoms with Crippen LogP contribution >= 0.6 is 23.4 Å². The lowest BCUT2D eigenvalue weighted by Crippen LogP contribution is -2.04. The number of hydrogen-bond donors (Lipinski definition) is 2. The number of rotatable bonds is 5. The molecule has 0 amide bonds. The van der Waals surface area contributed by atoms with Crippen molar-refractivity contribution in [1.29, 1.82) is 0 Å². The van der Waals surface area contributed by atoms with Crippen molar-refractivity contribution >= 4 is 34.7 Å². The summed E-state index contributed by atoms with van der Waals surface area (Å²) in [6, 6.07) is 5.44. The fourth-order valence-electron chi connectivity index (χ4n) is 1.06. The van der Waals surface area contributed by atoms with Gasteiger partial charge in [0, 0.05) is 18.0 Å². The molecular formula is C11H13ClN2S. The highest BCUT2D eigenvalue weighted by atomic mass is 35.5. The van der Waals surface area contributed by atoms with Crippen molar-refractivity contribution in [1.82, 2.24) is 0 Å². The van der Waals surface area contributed by atoms with E-state index < -0.39 is 0 Å². The van der Waals surface area contributed by atoms with Gasteiger partial charge in [0.1, 0.15) is 0 Å². The lowest BCUT2D eigenvalue weighted by Gasteiger charge is -2.07. The van der Waals surface area contributed by atoms with E-state index >= 15 is 0 Å². The molecule has 2 nitrogen and oxygen atoms in total. The predicted octanol–water partition coefficient (Wildman–Crippen LogP) is 2.70. The van der Waals surface area contributed by atoms with E-state index in [1.807, 2.05) is 12.1 Å². The lowest BCUT2D eigenvalue weighted by atomic mass is 10.3. The summed E-state index contributed by atoms with van der Waals surface area (Å²) in [5.74, 6) is 4.29. The summed E-state index contributed by atoms with van der Waals surface area (Å²) in [6.07, 6.45) is 5.14. The minimum Gasteiger partial charge on any atom is -0.399 e. The highest BCUT2D eigenvalue weighted by Crippen LogP contribution is 2.23. The Balaban J connectivity index is 2.35. The molecule has 0 radical (unpaired) electrons. The van der Waals surface area contributed by atoms with Gasteiger partial charge in [0.05, 0.1) is 16.5 Å². The second kappa shape index (κ2) is 6.49. The van der Waals surface area contributed by atoms with Crippen LogP contribution in [0.3, 0.4) is 0 Å². The number of terminal acetylenes is 1. The summed E-state index contributed by atoms with van der Waals surface area (Å²) in [5, 5.41) is 3.87. The van der Waals surface area contributed by atoms with Crippen LogP contribution in [0.2, 0.25) is 5.02 Å². The molecule has 0 aliphatic heterocycles. The average molecular weight is 241 g/mol. The SMILES string of the molecule is C#CCSCCNc1ccc(N)cc1Cl. The van der Waals surface area contributed by atoms with E-state index in [2.05, 4.69) is 11.2 Å². The summed E-state index contributed by atoms with van der Waals surface area (Å²) >= 11 is 7.70. The van der Waals surface area contributed by atoms with Crippen molar-refractivity contribution in [2.75, 3.05) is 29.1 Å². The number of halogens is 1. The minimum absolute atomic E-state index is 0.650. The fraction of sp³-hybridized carbons (Fsp3) is 0.273. The molecule has 0 spiro atoms. The van der Waals surface area contributed by atoms with Crippen LogP contribution in [0.1, 0.15) is 0 Å². The van der Waals surface area contributed by atoms with Gasteiger partial charge in [-0.05, 0) is 18.2 Å². The van der Waals surface area contributed by atoms with Gasteiger partial charge in [-0.3, -0.25) is 0 Å². The van der Waals surface area contributed by atoms with Crippen molar-refractivity contribution in [3.8, 4) is 12.3 Å². The number of thioether (sulfide) groups is 1. The first kappa shape index (κ1) is 12.1. The number of nitrogen functional groups attached to an aromatic ring is 1. The molecule has 3 N–H and O–H groups in total. The quantitative estimate of drug-likeness (QED) is 0.472. The Labute approximate surface area is 99.6 Å². The Bertz CT molecular complexity index is 360. The van der Waals surface area contributed by atoms with Gasteiger partial charge in [0.15, 0.2) is 0 Å². The molecule has 0 aliphatic carbocycles. The van der Waals surface area contributed by atoms with Crippen LogP contribution in [-0.4, -0.2) is 18.1 Å². The molecule has 1 rings (SSSR count). The third-order valence-electron chi connectivity index (χ3n) is 1.74. The summed E-state index contributed by atoms with van der Waals surface area (Å²) in [5.41, 5.74) is 7.17. The first-order chi connectivity index (χ1) is 7.24. The van der Waals surface area contributed by atoms with E-state index in [9.17, 15) is 0 Å². The smallest absolute Gasteiger partial charge is 0.0657 e. The van der Waals surface area contributed by atoms with E-state index in [0.29, 0.717) is 10.7 Å². The second-order valence-electron chi connectivity index (χ2n) is 2.92. The standard InChI is InChI=1S/C11H13ClN2S/c1-2-6-15-7-5-14-11-4-3-9(13)8-10(11)12/h1,3-4,8,14H,5-7,13H2. The van der Waals surface area contributed by atoms with Gasteiger partial charge in [-0.2, -0.15) is 0 Å². The Morgan fingerprint density at radius 1 is 1.53 bits per heavy atom. The normalized spacial score (nSPS) is 9.60. The van der Waals surface area contributed by atoms with Gasteiger partial charge in [0.2, 0.25) is 0 Å². The van der Waals surface area contributed by atoms with E-state index in [4.69, 9.17) is 23.8 Å². The minimum atomic E-state index is 0.650. The molecule has 0 atom stereocenters. The zero-order chi connectivity index (χ0) is 11.1. The Kier molecular flexibility index (Phi) is 5.23. The molecule has 0 saturated carbocycles. The monoisotopic (exact) mass is 240 g/mol. The van der Waals surface area contributed by atoms with Crippen molar-refractivity contribution < 1.29 is 0 Å². The molecule has 0 aliphatic rings. The van der Waals surface area contributed by atoms with Crippen molar-refractivity contribution in [2.45, 2.75) is 0 Å². The van der Waals surface area contributed by atoms with Crippen LogP contribution < -0.4 is 11.1 Å². The first-order valence-corrected chi connectivity index (χ1v) is 6.07. The molecule has 0 saturated heterocycles. The zero-order valence-electron chi connectivity index (χ0n) is 8.29. The second-order valence-corrected chi connectivity index (χ2v) is 4.44. The molecule has 0 fully saturated rings. The third-order valence-corrected chi connectivity index (χ3v) is 2.92. The van der Waals surface area contributed by atoms with Crippen molar-refractivity contribution in [3.63, 3.8) is 0 Å². The van der Waals surface area contributed by atoms with Gasteiger partial charge in [-0.25, -0.2) is 0 Å². The van der Waals surface area contributed by atoms with Crippen molar-refractivity contribution in [3.05, 3.63) is 23.2 Å². The molecule has 80 valence electrons. The van der Waals surface area contributed by atoms with Gasteiger partial charge in [-0.1, -0.05) is 17.5 Å². The Hall–Kier alpha value is -0.980. The number of benzene rings is 1. The maximum absolute atomic E-state index is 5.99. The van der Waals surface area contributed by atoms with Crippen LogP contribution in [-0.2, 0) is 0 Å². The molecule has 4 heteroatoms. The third kappa shape index (κ3) is 4.37. The van der Waals surface area contributed by atoms with Crippen LogP contribution in [0.4, 0.5) is 11.4 Å². The molecule has 0 heterocycles. The van der Waals surface area contributed by atoms with E-state index in [1.165, 1.54) is 0 Å². The summed E-state index contributed by atoms with van der Waals surface area (Å²) in [4.78, 5) is 0. The molecule has 0 aromatic heterocycles. The lowest BCUT2D eigenvalue weighted by molar-refractivity contribution is 1.23. The zero-order valence-corrected chi connectivity index (χ0v) is 9.87. The number of nitrogens with one attached hydrogen (secondary N) is 1. The molecule has 1 aromatic carbocycles. The highest BCUT2D eigenvalue weighted by Gasteiger charge is 1.98. The molecule has 1 aromatic rings. The van der Waals surface area contributed by atoms with Crippen LogP contribution in [0.5, 0.6) is 0 Å². The van der Waals surface area contributed by atoms with Crippen LogP contribution in [0.25, 0.3) is 0 Å². The maximum Gasteiger partial charge on any atom is 0.0657 e.